The van der Waals surface area contributed by atoms with Crippen LogP contribution in [0.25, 0.3) is 11.0 Å². The monoisotopic (exact) mass is 460 g/mol. The predicted octanol–water partition coefficient (Wildman–Crippen LogP) is 5.52. The van der Waals surface area contributed by atoms with Gasteiger partial charge >= 0.3 is 6.18 Å². The molecule has 4 aromatic rings. The van der Waals surface area contributed by atoms with Crippen LogP contribution in [0.4, 0.5) is 23.2 Å². The number of anilines is 1. The van der Waals surface area contributed by atoms with E-state index in [9.17, 15) is 22.4 Å². The first-order valence-electron chi connectivity index (χ1n) is 9.45. The number of aromatic nitrogens is 3. The van der Waals surface area contributed by atoms with E-state index in [-0.39, 0.29) is 18.0 Å². The number of carbonyl (C=O) groups excluding carboxylic acids is 1. The minimum Gasteiger partial charge on any atom is -0.324 e. The molecular weight excluding hydrogens is 444 g/mol. The number of thioether (sulfide) groups is 1. The highest BCUT2D eigenvalue weighted by Gasteiger charge is 2.33. The van der Waals surface area contributed by atoms with Crippen molar-refractivity contribution in [1.29, 1.82) is 0 Å². The number of carbonyl (C=O) groups is 1. The first-order valence-corrected chi connectivity index (χ1v) is 10.4. The molecule has 0 aliphatic heterocycles. The number of amides is 1. The van der Waals surface area contributed by atoms with Crippen molar-refractivity contribution in [2.75, 3.05) is 5.32 Å². The van der Waals surface area contributed by atoms with Gasteiger partial charge < -0.3 is 9.88 Å². The molecule has 10 heteroatoms. The molecule has 2 aromatic carbocycles. The van der Waals surface area contributed by atoms with Crippen molar-refractivity contribution in [3.05, 3.63) is 83.9 Å². The van der Waals surface area contributed by atoms with Crippen LogP contribution < -0.4 is 5.32 Å². The zero-order chi connectivity index (χ0) is 22.7. The molecule has 32 heavy (non-hydrogen) atoms. The summed E-state index contributed by atoms with van der Waals surface area (Å²) in [6.45, 7) is -0.250. The van der Waals surface area contributed by atoms with Crippen molar-refractivity contribution in [3.63, 3.8) is 0 Å². The summed E-state index contributed by atoms with van der Waals surface area (Å²) in [6, 6.07) is 12.5. The zero-order valence-corrected chi connectivity index (χ0v) is 17.3. The second kappa shape index (κ2) is 8.99. The van der Waals surface area contributed by atoms with Gasteiger partial charge in [0.1, 0.15) is 12.4 Å². The minimum absolute atomic E-state index is 0.250. The van der Waals surface area contributed by atoms with Crippen LogP contribution in [0, 0.1) is 5.82 Å². The second-order valence-electron chi connectivity index (χ2n) is 6.85. The van der Waals surface area contributed by atoms with Crippen molar-refractivity contribution >= 4 is 34.4 Å². The van der Waals surface area contributed by atoms with Gasteiger partial charge in [0.05, 0.1) is 28.5 Å². The Morgan fingerprint density at radius 3 is 2.56 bits per heavy atom. The highest BCUT2D eigenvalue weighted by Crippen LogP contribution is 2.34. The lowest BCUT2D eigenvalue weighted by molar-refractivity contribution is -0.137. The lowest BCUT2D eigenvalue weighted by atomic mass is 10.1. The van der Waals surface area contributed by atoms with Gasteiger partial charge in [-0.25, -0.2) is 9.37 Å². The van der Waals surface area contributed by atoms with Crippen LogP contribution in [-0.2, 0) is 23.3 Å². The Morgan fingerprint density at radius 1 is 1.06 bits per heavy atom. The Morgan fingerprint density at radius 2 is 1.81 bits per heavy atom. The fraction of sp³-hybridized carbons (Fsp3) is 0.136. The number of nitrogens with zero attached hydrogens (tertiary/aromatic N) is 3. The number of halogens is 4. The number of hydrogen-bond donors (Lipinski definition) is 1. The maximum atomic E-state index is 13.2. The van der Waals surface area contributed by atoms with Gasteiger partial charge in [-0.05, 0) is 35.9 Å². The van der Waals surface area contributed by atoms with Gasteiger partial charge in [0.15, 0.2) is 5.16 Å². The number of benzene rings is 2. The molecule has 164 valence electrons. The van der Waals surface area contributed by atoms with Gasteiger partial charge in [0, 0.05) is 11.9 Å². The molecule has 2 heterocycles. The summed E-state index contributed by atoms with van der Waals surface area (Å²) in [7, 11) is 0. The van der Waals surface area contributed by atoms with Gasteiger partial charge in [-0.3, -0.25) is 9.78 Å². The zero-order valence-electron chi connectivity index (χ0n) is 16.4. The molecule has 0 aliphatic carbocycles. The van der Waals surface area contributed by atoms with E-state index in [1.807, 2.05) is 0 Å². The molecule has 4 rings (SSSR count). The predicted molar refractivity (Wildman–Crippen MR) is 114 cm³/mol. The third-order valence-electron chi connectivity index (χ3n) is 4.60. The Balaban J connectivity index is 1.58. The highest BCUT2D eigenvalue weighted by atomic mass is 32.2. The molecule has 0 saturated heterocycles. The smallest absolute Gasteiger partial charge is 0.324 e. The van der Waals surface area contributed by atoms with Gasteiger partial charge in [0.2, 0.25) is 5.91 Å². The van der Waals surface area contributed by atoms with Crippen LogP contribution in [0.2, 0.25) is 0 Å². The van der Waals surface area contributed by atoms with E-state index in [0.29, 0.717) is 21.9 Å². The molecule has 0 bridgehead atoms. The number of alkyl halides is 3. The Bertz CT molecular complexity index is 1260. The molecule has 1 amide bonds. The van der Waals surface area contributed by atoms with E-state index in [1.54, 1.807) is 35.2 Å². The summed E-state index contributed by atoms with van der Waals surface area (Å²) in [5.74, 6) is -0.503. The Labute approximate surface area is 184 Å². The average Bonchev–Trinajstić information content (AvgIpc) is 3.10. The highest BCUT2D eigenvalue weighted by molar-refractivity contribution is 7.98. The third kappa shape index (κ3) is 4.91. The Hall–Kier alpha value is -3.40. The molecule has 0 atom stereocenters. The molecular formula is C22H16F4N4OS. The van der Waals surface area contributed by atoms with Gasteiger partial charge in [-0.2, -0.15) is 13.2 Å². The summed E-state index contributed by atoms with van der Waals surface area (Å²) in [5, 5.41) is 2.85. The molecule has 0 fully saturated rings. The van der Waals surface area contributed by atoms with Crippen molar-refractivity contribution in [2.24, 2.45) is 0 Å². The molecule has 0 unspecified atom stereocenters. The summed E-state index contributed by atoms with van der Waals surface area (Å²) in [6.07, 6.45) is -1.49. The quantitative estimate of drug-likeness (QED) is 0.304. The molecule has 0 radical (unpaired) electrons. The third-order valence-corrected chi connectivity index (χ3v) is 5.65. The number of para-hydroxylation sites is 1. The fourth-order valence-corrected chi connectivity index (χ4v) is 4.08. The van der Waals surface area contributed by atoms with Crippen molar-refractivity contribution in [3.8, 4) is 0 Å². The van der Waals surface area contributed by atoms with E-state index < -0.39 is 17.6 Å². The van der Waals surface area contributed by atoms with E-state index >= 15 is 0 Å². The molecule has 0 aliphatic rings. The maximum Gasteiger partial charge on any atom is 0.418 e. The van der Waals surface area contributed by atoms with Crippen LogP contribution in [0.5, 0.6) is 0 Å². The molecule has 5 nitrogen and oxygen atoms in total. The van der Waals surface area contributed by atoms with Crippen LogP contribution in [0.1, 0.15) is 11.1 Å². The number of imidazole rings is 1. The number of fused-ring (bicyclic) bond motifs is 1. The SMILES string of the molecule is O=C(Cn1c(SCc2ccc(F)cc2)nc2ccncc21)Nc1ccccc1C(F)(F)F. The fourth-order valence-electron chi connectivity index (χ4n) is 3.11. The average molecular weight is 460 g/mol. The molecule has 1 N–H and O–H groups in total. The molecule has 2 aromatic heterocycles. The first-order chi connectivity index (χ1) is 15.3. The second-order valence-corrected chi connectivity index (χ2v) is 7.79. The van der Waals surface area contributed by atoms with E-state index in [0.717, 1.165) is 11.6 Å². The van der Waals surface area contributed by atoms with E-state index in [2.05, 4.69) is 15.3 Å². The summed E-state index contributed by atoms with van der Waals surface area (Å²) < 4.78 is 54.4. The van der Waals surface area contributed by atoms with Crippen molar-refractivity contribution in [2.45, 2.75) is 23.6 Å². The summed E-state index contributed by atoms with van der Waals surface area (Å²) in [5.41, 5.74) is 0.805. The molecule has 0 spiro atoms. The van der Waals surface area contributed by atoms with Gasteiger partial charge in [-0.15, -0.1) is 0 Å². The normalized spacial score (nSPS) is 11.6. The lowest BCUT2D eigenvalue weighted by Crippen LogP contribution is -2.21. The topological polar surface area (TPSA) is 59.8 Å². The number of nitrogens with one attached hydrogen (secondary N) is 1. The standard InChI is InChI=1S/C22H16F4N4OS/c23-15-7-5-14(6-8-15)13-32-21-29-18-9-10-27-11-19(18)30(21)12-20(31)28-17-4-2-1-3-16(17)22(24,25)26/h1-11H,12-13H2,(H,28,31). The summed E-state index contributed by atoms with van der Waals surface area (Å²) >= 11 is 1.33. The largest absolute Gasteiger partial charge is 0.418 e. The minimum atomic E-state index is -4.59. The first kappa shape index (κ1) is 21.8. The summed E-state index contributed by atoms with van der Waals surface area (Å²) in [4.78, 5) is 21.2. The van der Waals surface area contributed by atoms with Crippen LogP contribution in [0.3, 0.4) is 0 Å². The molecule has 0 saturated carbocycles. The van der Waals surface area contributed by atoms with Crippen LogP contribution in [0.15, 0.2) is 72.1 Å². The number of pyridine rings is 1. The van der Waals surface area contributed by atoms with Gasteiger partial charge in [0.25, 0.3) is 0 Å². The lowest BCUT2D eigenvalue weighted by Gasteiger charge is -2.14. The number of rotatable bonds is 6. The van der Waals surface area contributed by atoms with E-state index in [4.69, 9.17) is 0 Å². The van der Waals surface area contributed by atoms with Crippen molar-refractivity contribution in [1.82, 2.24) is 14.5 Å². The van der Waals surface area contributed by atoms with Crippen LogP contribution >= 0.6 is 11.8 Å². The van der Waals surface area contributed by atoms with Crippen LogP contribution in [-0.4, -0.2) is 20.4 Å². The van der Waals surface area contributed by atoms with E-state index in [1.165, 1.54) is 42.1 Å². The number of hydrogen-bond acceptors (Lipinski definition) is 4. The van der Waals surface area contributed by atoms with Gasteiger partial charge in [-0.1, -0.05) is 36.0 Å². The van der Waals surface area contributed by atoms with Crippen molar-refractivity contribution < 1.29 is 22.4 Å². The Kier molecular flexibility index (Phi) is 6.13. The maximum absolute atomic E-state index is 13.2.